The van der Waals surface area contributed by atoms with Crippen LogP contribution in [0.4, 0.5) is 0 Å². The fourth-order valence-electron chi connectivity index (χ4n) is 2.49. The van der Waals surface area contributed by atoms with Crippen LogP contribution >= 0.6 is 0 Å². The molecule has 1 aliphatic rings. The molecule has 0 fully saturated rings. The average Bonchev–Trinajstić information content (AvgIpc) is 2.51. The third kappa shape index (κ3) is 5.23. The molecule has 1 aromatic rings. The number of hydrogen-bond acceptors (Lipinski definition) is 1. The van der Waals surface area contributed by atoms with Crippen molar-refractivity contribution in [2.24, 2.45) is 0 Å². The second-order valence-corrected chi connectivity index (χ2v) is 8.85. The quantitative estimate of drug-likeness (QED) is 0.589. The van der Waals surface area contributed by atoms with E-state index in [0.29, 0.717) is 5.54 Å². The minimum absolute atomic E-state index is 0. The molecular formula is C15H22Cl2NSiTi. The van der Waals surface area contributed by atoms with Gasteiger partial charge < -0.3 is 30.1 Å². The molecule has 1 atom stereocenters. The van der Waals surface area contributed by atoms with Crippen LogP contribution in [-0.4, -0.2) is 14.3 Å². The average molecular weight is 363 g/mol. The maximum atomic E-state index is 3.68. The summed E-state index contributed by atoms with van der Waals surface area (Å²) in [5, 5.41) is 3.68. The van der Waals surface area contributed by atoms with E-state index in [-0.39, 0.29) is 60.9 Å². The van der Waals surface area contributed by atoms with E-state index in [2.05, 4.69) is 69.5 Å². The third-order valence-corrected chi connectivity index (χ3v) is 4.80. The van der Waals surface area contributed by atoms with Crippen molar-refractivity contribution in [3.63, 3.8) is 0 Å². The van der Waals surface area contributed by atoms with Crippen LogP contribution in [-0.2, 0) is 21.7 Å². The molecule has 0 aromatic heterocycles. The first-order chi connectivity index (χ1) is 7.88. The van der Waals surface area contributed by atoms with Gasteiger partial charge >= 0.3 is 21.7 Å². The van der Waals surface area contributed by atoms with E-state index in [0.717, 1.165) is 0 Å². The zero-order valence-electron chi connectivity index (χ0n) is 12.7. The zero-order chi connectivity index (χ0) is 12.6. The first-order valence-corrected chi connectivity index (χ1v) is 8.85. The molecule has 1 radical (unpaired) electrons. The Balaban J connectivity index is 0. The largest absolute Gasteiger partial charge is 2.00 e. The summed E-state index contributed by atoms with van der Waals surface area (Å²) in [5.41, 5.74) is 5.09. The van der Waals surface area contributed by atoms with Gasteiger partial charge in [-0.2, -0.15) is 0 Å². The Morgan fingerprint density at radius 3 is 2.10 bits per heavy atom. The third-order valence-electron chi connectivity index (χ3n) is 3.03. The minimum atomic E-state index is -0.375. The molecule has 0 amide bonds. The topological polar surface area (TPSA) is 12.0 Å². The van der Waals surface area contributed by atoms with Crippen molar-refractivity contribution >= 4 is 14.9 Å². The van der Waals surface area contributed by atoms with Crippen molar-refractivity contribution in [2.75, 3.05) is 0 Å². The molecule has 1 aromatic carbocycles. The van der Waals surface area contributed by atoms with Gasteiger partial charge in [-0.15, -0.1) is 0 Å². The normalized spacial score (nSPS) is 16.3. The summed E-state index contributed by atoms with van der Waals surface area (Å²) in [5.74, 6) is 0. The molecule has 1 nitrogen and oxygen atoms in total. The van der Waals surface area contributed by atoms with Crippen molar-refractivity contribution in [3.8, 4) is 0 Å². The van der Waals surface area contributed by atoms with Gasteiger partial charge in [0.1, 0.15) is 0 Å². The molecule has 20 heavy (non-hydrogen) atoms. The van der Waals surface area contributed by atoms with E-state index in [1.165, 1.54) is 16.8 Å². The molecular weight excluding hydrogens is 341 g/mol. The van der Waals surface area contributed by atoms with Crippen LogP contribution in [0.5, 0.6) is 0 Å². The van der Waals surface area contributed by atoms with Crippen molar-refractivity contribution in [2.45, 2.75) is 44.9 Å². The molecule has 0 spiro atoms. The monoisotopic (exact) mass is 362 g/mol. The van der Waals surface area contributed by atoms with Crippen LogP contribution in [0.2, 0.25) is 13.1 Å². The molecule has 1 aliphatic carbocycles. The maximum Gasteiger partial charge on any atom is 2.00 e. The summed E-state index contributed by atoms with van der Waals surface area (Å²) < 4.78 is 0. The molecule has 1 N–H and O–H groups in total. The Bertz CT molecular complexity index is 455. The first-order valence-electron chi connectivity index (χ1n) is 6.27. The van der Waals surface area contributed by atoms with E-state index in [4.69, 9.17) is 0 Å². The second kappa shape index (κ2) is 8.65. The second-order valence-electron chi connectivity index (χ2n) is 6.11. The maximum absolute atomic E-state index is 3.68. The number of fused-ring (bicyclic) bond motifs is 1. The Morgan fingerprint density at radius 2 is 1.60 bits per heavy atom. The summed E-state index contributed by atoms with van der Waals surface area (Å²) in [7, 11) is -0.375. The predicted octanol–water partition coefficient (Wildman–Crippen LogP) is -2.19. The van der Waals surface area contributed by atoms with Gasteiger partial charge in [0.25, 0.3) is 0 Å². The van der Waals surface area contributed by atoms with Crippen LogP contribution in [0.1, 0.15) is 37.4 Å². The van der Waals surface area contributed by atoms with Crippen molar-refractivity contribution in [1.29, 1.82) is 0 Å². The molecule has 2 rings (SSSR count). The molecule has 1 unspecified atom stereocenters. The summed E-state index contributed by atoms with van der Waals surface area (Å²) in [4.78, 5) is 0. The fourth-order valence-corrected chi connectivity index (χ4v) is 4.15. The van der Waals surface area contributed by atoms with Crippen LogP contribution in [0.25, 0.3) is 6.08 Å². The number of nitrogens with one attached hydrogen (secondary N) is 1. The molecule has 0 saturated heterocycles. The smallest absolute Gasteiger partial charge is 1.00 e. The summed E-state index contributed by atoms with van der Waals surface area (Å²) >= 11 is 0. The van der Waals surface area contributed by atoms with E-state index in [9.17, 15) is 0 Å². The molecule has 0 bridgehead atoms. The minimum Gasteiger partial charge on any atom is -1.00 e. The molecule has 5 heteroatoms. The van der Waals surface area contributed by atoms with Gasteiger partial charge in [0.05, 0.1) is 8.80 Å². The first kappa shape index (κ1) is 22.6. The number of hydrogen-bond donors (Lipinski definition) is 1. The van der Waals surface area contributed by atoms with Crippen molar-refractivity contribution < 1.29 is 46.5 Å². The number of benzene rings is 1. The molecule has 109 valence electrons. The van der Waals surface area contributed by atoms with E-state index in [1.807, 2.05) is 0 Å². The van der Waals surface area contributed by atoms with E-state index in [1.54, 1.807) is 0 Å². The predicted molar refractivity (Wildman–Crippen MR) is 77.5 cm³/mol. The number of allylic oxidation sites excluding steroid dienone is 1. The molecule has 0 heterocycles. The summed E-state index contributed by atoms with van der Waals surface area (Å²) in [6.07, 6.45) is 2.34. The van der Waals surface area contributed by atoms with E-state index >= 15 is 0 Å². The van der Waals surface area contributed by atoms with Crippen molar-refractivity contribution in [3.05, 3.63) is 41.1 Å². The molecule has 0 aliphatic heterocycles. The van der Waals surface area contributed by atoms with Crippen LogP contribution in [0.15, 0.2) is 30.0 Å². The number of halogens is 2. The Kier molecular flexibility index (Phi) is 9.75. The standard InChI is InChI=1S/C15H22NSi.2ClH.Ti/c1-15(2,3)16-13-10-11-8-6-7-9-12(11)14(13)17(4)5;;;/h6-10,14,16H,1-5H3;2*1H;/q;;;+2/p-2. The van der Waals surface area contributed by atoms with Gasteiger partial charge in [-0.1, -0.05) is 37.4 Å². The van der Waals surface area contributed by atoms with Gasteiger partial charge in [0.2, 0.25) is 0 Å². The summed E-state index contributed by atoms with van der Waals surface area (Å²) in [6.45, 7) is 11.5. The summed E-state index contributed by atoms with van der Waals surface area (Å²) in [6, 6.07) is 8.80. The van der Waals surface area contributed by atoms with Gasteiger partial charge in [-0.3, -0.25) is 0 Å². The van der Waals surface area contributed by atoms with Crippen LogP contribution < -0.4 is 30.1 Å². The van der Waals surface area contributed by atoms with Gasteiger partial charge in [-0.05, 0) is 38.0 Å². The van der Waals surface area contributed by atoms with E-state index < -0.39 is 0 Å². The van der Waals surface area contributed by atoms with Gasteiger partial charge in [0.15, 0.2) is 0 Å². The van der Waals surface area contributed by atoms with Crippen LogP contribution in [0.3, 0.4) is 0 Å². The van der Waals surface area contributed by atoms with Gasteiger partial charge in [0, 0.05) is 16.8 Å². The van der Waals surface area contributed by atoms with Crippen LogP contribution in [0, 0.1) is 0 Å². The fraction of sp³-hybridized carbons (Fsp3) is 0.467. The SMILES string of the molecule is C[Si](C)C1C(NC(C)(C)C)=Cc2ccccc21.[Cl-].[Cl-].[Ti+2]. The molecule has 0 saturated carbocycles. The van der Waals surface area contributed by atoms with Crippen molar-refractivity contribution in [1.82, 2.24) is 5.32 Å². The Hall–Kier alpha value is 0.271. The number of rotatable bonds is 2. The zero-order valence-corrected chi connectivity index (χ0v) is 16.8. The van der Waals surface area contributed by atoms with Gasteiger partial charge in [-0.25, -0.2) is 0 Å². The Labute approximate surface area is 152 Å². The Morgan fingerprint density at radius 1 is 1.05 bits per heavy atom.